The molecule has 2 aromatic rings. The molecule has 0 saturated heterocycles. The van der Waals surface area contributed by atoms with E-state index in [0.29, 0.717) is 0 Å². The van der Waals surface area contributed by atoms with Gasteiger partial charge in [0.2, 0.25) is 0 Å². The molecule has 0 atom stereocenters. The van der Waals surface area contributed by atoms with Crippen LogP contribution >= 0.6 is 0 Å². The first-order chi connectivity index (χ1) is 10.2. The minimum absolute atomic E-state index is 0.779. The van der Waals surface area contributed by atoms with E-state index in [0.717, 1.165) is 43.3 Å². The van der Waals surface area contributed by atoms with Gasteiger partial charge in [0.25, 0.3) is 0 Å². The van der Waals surface area contributed by atoms with E-state index >= 15 is 0 Å². The summed E-state index contributed by atoms with van der Waals surface area (Å²) in [5.41, 5.74) is 2.37. The van der Waals surface area contributed by atoms with Gasteiger partial charge in [-0.1, -0.05) is 13.3 Å². The molecule has 0 aromatic carbocycles. The third-order valence-corrected chi connectivity index (χ3v) is 3.50. The minimum Gasteiger partial charge on any atom is -0.469 e. The Balaban J connectivity index is 2.28. The Hall–Kier alpha value is -2.04. The maximum Gasteiger partial charge on any atom is 0.137 e. The molecular formula is C16H24N4O. The van der Waals surface area contributed by atoms with E-state index in [2.05, 4.69) is 41.1 Å². The molecule has 2 rings (SSSR count). The molecule has 0 spiro atoms. The fourth-order valence-electron chi connectivity index (χ4n) is 2.44. The lowest BCUT2D eigenvalue weighted by Crippen LogP contribution is -2.21. The Kier molecular flexibility index (Phi) is 5.20. The second-order valence-electron chi connectivity index (χ2n) is 5.16. The van der Waals surface area contributed by atoms with E-state index in [4.69, 9.17) is 4.42 Å². The van der Waals surface area contributed by atoms with Crippen LogP contribution in [0.3, 0.4) is 0 Å². The van der Waals surface area contributed by atoms with Crippen molar-refractivity contribution in [2.24, 2.45) is 0 Å². The van der Waals surface area contributed by atoms with Crippen molar-refractivity contribution in [1.29, 1.82) is 0 Å². The maximum atomic E-state index is 5.37. The molecule has 2 aromatic heterocycles. The molecule has 0 aliphatic carbocycles. The predicted octanol–water partition coefficient (Wildman–Crippen LogP) is 3.40. The van der Waals surface area contributed by atoms with Gasteiger partial charge in [0.05, 0.1) is 6.26 Å². The Morgan fingerprint density at radius 2 is 2.10 bits per heavy atom. The van der Waals surface area contributed by atoms with Crippen molar-refractivity contribution in [1.82, 2.24) is 9.97 Å². The summed E-state index contributed by atoms with van der Waals surface area (Å²) in [7, 11) is 2.06. The lowest BCUT2D eigenvalue weighted by atomic mass is 10.1. The van der Waals surface area contributed by atoms with Crippen molar-refractivity contribution in [3.05, 3.63) is 35.5 Å². The molecule has 1 N–H and O–H groups in total. The maximum absolute atomic E-state index is 5.37. The number of hydrogen-bond acceptors (Lipinski definition) is 5. The SMILES string of the molecule is CCCc1c(NCC)ncnc1N(C)Cc1ccoc1C. The highest BCUT2D eigenvalue weighted by Crippen LogP contribution is 2.26. The second kappa shape index (κ2) is 7.11. The summed E-state index contributed by atoms with van der Waals surface area (Å²) in [6, 6.07) is 2.01. The summed E-state index contributed by atoms with van der Waals surface area (Å²) in [4.78, 5) is 11.0. The van der Waals surface area contributed by atoms with Crippen LogP contribution in [-0.2, 0) is 13.0 Å². The minimum atomic E-state index is 0.779. The molecule has 0 amide bonds. The molecule has 0 radical (unpaired) electrons. The van der Waals surface area contributed by atoms with Gasteiger partial charge in [-0.2, -0.15) is 0 Å². The van der Waals surface area contributed by atoms with Crippen molar-refractivity contribution in [3.8, 4) is 0 Å². The van der Waals surface area contributed by atoms with Gasteiger partial charge in [-0.15, -0.1) is 0 Å². The van der Waals surface area contributed by atoms with E-state index < -0.39 is 0 Å². The van der Waals surface area contributed by atoms with Crippen molar-refractivity contribution in [2.45, 2.75) is 40.2 Å². The van der Waals surface area contributed by atoms with Crippen LogP contribution in [0.1, 0.15) is 37.2 Å². The third kappa shape index (κ3) is 3.54. The molecule has 0 unspecified atom stereocenters. The summed E-state index contributed by atoms with van der Waals surface area (Å²) in [5, 5.41) is 3.33. The van der Waals surface area contributed by atoms with Gasteiger partial charge < -0.3 is 14.6 Å². The number of furan rings is 1. The monoisotopic (exact) mass is 288 g/mol. The zero-order valence-corrected chi connectivity index (χ0v) is 13.3. The van der Waals surface area contributed by atoms with Crippen molar-refractivity contribution >= 4 is 11.6 Å². The Bertz CT molecular complexity index is 579. The van der Waals surface area contributed by atoms with Gasteiger partial charge in [-0.3, -0.25) is 0 Å². The molecule has 114 valence electrons. The lowest BCUT2D eigenvalue weighted by molar-refractivity contribution is 0.529. The van der Waals surface area contributed by atoms with Gasteiger partial charge >= 0.3 is 0 Å². The first-order valence-electron chi connectivity index (χ1n) is 7.49. The molecule has 21 heavy (non-hydrogen) atoms. The van der Waals surface area contributed by atoms with Crippen LogP contribution in [0.4, 0.5) is 11.6 Å². The Morgan fingerprint density at radius 3 is 2.71 bits per heavy atom. The van der Waals surface area contributed by atoms with Gasteiger partial charge in [0.1, 0.15) is 23.7 Å². The van der Waals surface area contributed by atoms with Crippen molar-refractivity contribution < 1.29 is 4.42 Å². The third-order valence-electron chi connectivity index (χ3n) is 3.50. The Labute approximate surface area is 126 Å². The first kappa shape index (κ1) is 15.4. The summed E-state index contributed by atoms with van der Waals surface area (Å²) in [5.74, 6) is 2.89. The highest BCUT2D eigenvalue weighted by atomic mass is 16.3. The van der Waals surface area contributed by atoms with Crippen LogP contribution in [0, 0.1) is 6.92 Å². The normalized spacial score (nSPS) is 10.7. The highest BCUT2D eigenvalue weighted by molar-refractivity contribution is 5.58. The second-order valence-corrected chi connectivity index (χ2v) is 5.16. The summed E-state index contributed by atoms with van der Waals surface area (Å²) < 4.78 is 5.37. The Morgan fingerprint density at radius 1 is 1.29 bits per heavy atom. The summed E-state index contributed by atoms with van der Waals surface area (Å²) in [6.45, 7) is 7.88. The highest BCUT2D eigenvalue weighted by Gasteiger charge is 2.15. The average molecular weight is 288 g/mol. The summed E-state index contributed by atoms with van der Waals surface area (Å²) in [6.07, 6.45) is 5.39. The van der Waals surface area contributed by atoms with E-state index in [1.807, 2.05) is 13.0 Å². The number of rotatable bonds is 7. The van der Waals surface area contributed by atoms with Crippen LogP contribution in [0.2, 0.25) is 0 Å². The summed E-state index contributed by atoms with van der Waals surface area (Å²) >= 11 is 0. The zero-order chi connectivity index (χ0) is 15.2. The topological polar surface area (TPSA) is 54.2 Å². The number of aryl methyl sites for hydroxylation is 1. The average Bonchev–Trinajstić information content (AvgIpc) is 2.86. The molecule has 0 aliphatic rings. The van der Waals surface area contributed by atoms with E-state index in [-0.39, 0.29) is 0 Å². The van der Waals surface area contributed by atoms with E-state index in [9.17, 15) is 0 Å². The largest absolute Gasteiger partial charge is 0.469 e. The fourth-order valence-corrected chi connectivity index (χ4v) is 2.44. The van der Waals surface area contributed by atoms with Gasteiger partial charge in [-0.25, -0.2) is 9.97 Å². The fraction of sp³-hybridized carbons (Fsp3) is 0.500. The smallest absolute Gasteiger partial charge is 0.137 e. The van der Waals surface area contributed by atoms with Gasteiger partial charge in [-0.05, 0) is 26.3 Å². The predicted molar refractivity (Wildman–Crippen MR) is 85.7 cm³/mol. The molecule has 0 fully saturated rings. The van der Waals surface area contributed by atoms with Gasteiger partial charge in [0.15, 0.2) is 0 Å². The molecule has 0 aliphatic heterocycles. The van der Waals surface area contributed by atoms with Crippen molar-refractivity contribution in [2.75, 3.05) is 23.8 Å². The van der Waals surface area contributed by atoms with Crippen LogP contribution in [0.5, 0.6) is 0 Å². The van der Waals surface area contributed by atoms with Crippen LogP contribution in [-0.4, -0.2) is 23.6 Å². The van der Waals surface area contributed by atoms with Crippen LogP contribution < -0.4 is 10.2 Å². The van der Waals surface area contributed by atoms with E-state index in [1.165, 1.54) is 11.1 Å². The standard InChI is InChI=1S/C16H24N4O/c1-5-7-14-15(17-6-2)18-11-19-16(14)20(4)10-13-8-9-21-12(13)3/h8-9,11H,5-7,10H2,1-4H3,(H,17,18,19). The number of nitrogens with zero attached hydrogens (tertiary/aromatic N) is 3. The molecule has 0 bridgehead atoms. The number of aromatic nitrogens is 2. The lowest BCUT2D eigenvalue weighted by Gasteiger charge is -2.22. The molecular weight excluding hydrogens is 264 g/mol. The molecule has 5 nitrogen and oxygen atoms in total. The number of nitrogens with one attached hydrogen (secondary N) is 1. The number of hydrogen-bond donors (Lipinski definition) is 1. The number of anilines is 2. The molecule has 5 heteroatoms. The van der Waals surface area contributed by atoms with Crippen molar-refractivity contribution in [3.63, 3.8) is 0 Å². The van der Waals surface area contributed by atoms with Crippen LogP contribution in [0.25, 0.3) is 0 Å². The van der Waals surface area contributed by atoms with Gasteiger partial charge in [0, 0.05) is 31.3 Å². The van der Waals surface area contributed by atoms with Crippen LogP contribution in [0.15, 0.2) is 23.1 Å². The molecule has 0 saturated carbocycles. The van der Waals surface area contributed by atoms with E-state index in [1.54, 1.807) is 12.6 Å². The quantitative estimate of drug-likeness (QED) is 0.846. The zero-order valence-electron chi connectivity index (χ0n) is 13.3. The first-order valence-corrected chi connectivity index (χ1v) is 7.49. The molecule has 2 heterocycles.